The summed E-state index contributed by atoms with van der Waals surface area (Å²) < 4.78 is -4.02. The minimum absolute atomic E-state index is 0.0252. The molecule has 0 unspecified atom stereocenters. The van der Waals surface area contributed by atoms with Gasteiger partial charge >= 0.3 is 11.9 Å². The van der Waals surface area contributed by atoms with E-state index < -0.39 is 32.6 Å². The normalized spacial score (nSPS) is 11.9. The molecule has 0 aliphatic carbocycles. The van der Waals surface area contributed by atoms with E-state index in [0.717, 1.165) is 4.90 Å². The van der Waals surface area contributed by atoms with Gasteiger partial charge in [0.05, 0.1) is 0 Å². The molecule has 0 spiro atoms. The number of alkyl halides is 6. The van der Waals surface area contributed by atoms with E-state index in [9.17, 15) is 9.59 Å². The van der Waals surface area contributed by atoms with Crippen molar-refractivity contribution in [1.82, 2.24) is 15.0 Å². The van der Waals surface area contributed by atoms with Crippen LogP contribution in [0, 0.1) is 0 Å². The first-order valence-electron chi connectivity index (χ1n) is 7.47. The number of carboxylic acid groups (broad SMARTS) is 2. The zero-order chi connectivity index (χ0) is 22.0. The van der Waals surface area contributed by atoms with Crippen LogP contribution in [-0.2, 0) is 17.2 Å². The minimum Gasteiger partial charge on any atom is -0.480 e. The van der Waals surface area contributed by atoms with Gasteiger partial charge in [-0.3, -0.25) is 9.59 Å². The number of aromatic nitrogens is 3. The topological polar surface area (TPSA) is 117 Å². The van der Waals surface area contributed by atoms with Crippen molar-refractivity contribution in [3.63, 3.8) is 0 Å². The van der Waals surface area contributed by atoms with Gasteiger partial charge in [-0.2, -0.15) is 0 Å². The molecule has 0 saturated carbocycles. The largest absolute Gasteiger partial charge is 0.480 e. The van der Waals surface area contributed by atoms with Crippen LogP contribution in [0.25, 0.3) is 11.4 Å². The van der Waals surface area contributed by atoms with E-state index in [4.69, 9.17) is 79.8 Å². The summed E-state index contributed by atoms with van der Waals surface area (Å²) in [5, 5.41) is 17.9. The highest BCUT2D eigenvalue weighted by Crippen LogP contribution is 2.40. The summed E-state index contributed by atoms with van der Waals surface area (Å²) >= 11 is 35.0. The van der Waals surface area contributed by atoms with Crippen LogP contribution >= 0.6 is 69.6 Å². The second-order valence-corrected chi connectivity index (χ2v) is 10.1. The molecule has 1 aromatic heterocycles. The Balaban J connectivity index is 2.47. The number of aliphatic carboxylic acids is 2. The molecule has 0 aliphatic heterocycles. The Morgan fingerprint density at radius 1 is 0.793 bits per heavy atom. The second kappa shape index (κ2) is 9.24. The minimum atomic E-state index is -2.01. The average Bonchev–Trinajstić information content (AvgIpc) is 2.58. The van der Waals surface area contributed by atoms with Crippen LogP contribution in [0.5, 0.6) is 0 Å². The van der Waals surface area contributed by atoms with Crippen LogP contribution in [0.15, 0.2) is 24.3 Å². The van der Waals surface area contributed by atoms with E-state index in [1.165, 1.54) is 24.3 Å². The van der Waals surface area contributed by atoms with Crippen molar-refractivity contribution in [2.45, 2.75) is 7.59 Å². The van der Waals surface area contributed by atoms with Crippen LogP contribution < -0.4 is 4.90 Å². The first-order valence-corrected chi connectivity index (χ1v) is 9.73. The van der Waals surface area contributed by atoms with E-state index in [-0.39, 0.29) is 17.5 Å². The molecular formula is C15H10Cl6N4O4. The van der Waals surface area contributed by atoms with Crippen molar-refractivity contribution in [1.29, 1.82) is 0 Å². The van der Waals surface area contributed by atoms with Crippen molar-refractivity contribution in [3.05, 3.63) is 35.9 Å². The van der Waals surface area contributed by atoms with Crippen molar-refractivity contribution in [2.24, 2.45) is 0 Å². The number of hydrogen-bond acceptors (Lipinski definition) is 6. The zero-order valence-corrected chi connectivity index (χ0v) is 18.5. The Bertz CT molecular complexity index is 866. The Morgan fingerprint density at radius 2 is 1.21 bits per heavy atom. The lowest BCUT2D eigenvalue weighted by molar-refractivity contribution is -0.136. The predicted octanol–water partition coefficient (Wildman–Crippen LogP) is 4.17. The maximum absolute atomic E-state index is 11.0. The Morgan fingerprint density at radius 3 is 1.55 bits per heavy atom. The number of carbonyl (C=O) groups is 2. The van der Waals surface area contributed by atoms with Crippen molar-refractivity contribution in [3.8, 4) is 11.4 Å². The third kappa shape index (κ3) is 6.87. The summed E-state index contributed by atoms with van der Waals surface area (Å²) in [6.07, 6.45) is 0. The average molecular weight is 523 g/mol. The molecule has 0 bridgehead atoms. The highest BCUT2D eigenvalue weighted by Gasteiger charge is 2.34. The highest BCUT2D eigenvalue weighted by atomic mass is 35.6. The summed E-state index contributed by atoms with van der Waals surface area (Å²) in [6.45, 7) is -1.02. The van der Waals surface area contributed by atoms with Crippen LogP contribution in [0.1, 0.15) is 11.6 Å². The molecule has 0 saturated heterocycles. The van der Waals surface area contributed by atoms with Crippen molar-refractivity contribution >= 4 is 87.2 Å². The van der Waals surface area contributed by atoms with Crippen LogP contribution in [0.3, 0.4) is 0 Å². The number of rotatable bonds is 6. The van der Waals surface area contributed by atoms with Crippen molar-refractivity contribution < 1.29 is 19.8 Å². The molecule has 0 aliphatic rings. The summed E-state index contributed by atoms with van der Waals surface area (Å²) in [5.41, 5.74) is 0.739. The lowest BCUT2D eigenvalue weighted by Gasteiger charge is -2.21. The molecule has 2 N–H and O–H groups in total. The maximum atomic E-state index is 11.0. The monoisotopic (exact) mass is 520 g/mol. The fourth-order valence-corrected chi connectivity index (χ4v) is 2.65. The van der Waals surface area contributed by atoms with Gasteiger partial charge in [-0.1, -0.05) is 69.6 Å². The molecule has 156 valence electrons. The first-order chi connectivity index (χ1) is 13.3. The quantitative estimate of drug-likeness (QED) is 0.543. The van der Waals surface area contributed by atoms with E-state index in [1.54, 1.807) is 0 Å². The molecule has 1 heterocycles. The van der Waals surface area contributed by atoms with Gasteiger partial charge in [-0.25, -0.2) is 15.0 Å². The Labute approximate surface area is 194 Å². The molecule has 1 aromatic carbocycles. The van der Waals surface area contributed by atoms with Gasteiger partial charge in [-0.15, -0.1) is 0 Å². The van der Waals surface area contributed by atoms with Crippen LogP contribution in [0.4, 0.5) is 5.69 Å². The van der Waals surface area contributed by atoms with Gasteiger partial charge < -0.3 is 15.1 Å². The number of hydrogen-bond donors (Lipinski definition) is 2. The predicted molar refractivity (Wildman–Crippen MR) is 111 cm³/mol. The van der Waals surface area contributed by atoms with Gasteiger partial charge in [0.2, 0.25) is 7.59 Å². The molecular weight excluding hydrogens is 513 g/mol. The number of nitrogens with zero attached hydrogens (tertiary/aromatic N) is 4. The van der Waals surface area contributed by atoms with Gasteiger partial charge in [0.1, 0.15) is 13.1 Å². The summed E-state index contributed by atoms with van der Waals surface area (Å²) in [4.78, 5) is 35.1. The SMILES string of the molecule is O=C(O)CN(CC(=O)O)c1ccc(-c2nc(C(Cl)(Cl)Cl)nc(C(Cl)(Cl)Cl)n2)cc1. The van der Waals surface area contributed by atoms with E-state index in [0.29, 0.717) is 11.3 Å². The van der Waals surface area contributed by atoms with Crippen LogP contribution in [-0.4, -0.2) is 50.2 Å². The van der Waals surface area contributed by atoms with Gasteiger partial charge in [0.15, 0.2) is 17.5 Å². The summed E-state index contributed by atoms with van der Waals surface area (Å²) in [7, 11) is 0. The third-order valence-corrected chi connectivity index (χ3v) is 4.30. The van der Waals surface area contributed by atoms with Gasteiger partial charge in [0, 0.05) is 11.3 Å². The molecule has 8 nitrogen and oxygen atoms in total. The highest BCUT2D eigenvalue weighted by molar-refractivity contribution is 6.67. The van der Waals surface area contributed by atoms with Gasteiger partial charge in [-0.05, 0) is 24.3 Å². The lowest BCUT2D eigenvalue weighted by Crippen LogP contribution is -2.34. The molecule has 14 heteroatoms. The molecule has 2 aromatic rings. The standard InChI is InChI=1S/C15H10Cl6N4O4/c16-14(17,18)12-22-11(23-13(24-12)15(19,20)21)7-1-3-8(4-2-7)25(5-9(26)27)6-10(28)29/h1-4H,5-6H2,(H,26,27)(H,28,29). The number of benzene rings is 1. The number of anilines is 1. The second-order valence-electron chi connectivity index (χ2n) is 5.49. The van der Waals surface area contributed by atoms with Crippen molar-refractivity contribution in [2.75, 3.05) is 18.0 Å². The van der Waals surface area contributed by atoms with Gasteiger partial charge in [0.25, 0.3) is 0 Å². The van der Waals surface area contributed by atoms with E-state index >= 15 is 0 Å². The summed E-state index contributed by atoms with van der Waals surface area (Å²) in [5.74, 6) is -2.88. The Hall–Kier alpha value is -1.29. The molecule has 0 amide bonds. The molecule has 2 rings (SSSR count). The first kappa shape index (κ1) is 24.0. The summed E-state index contributed by atoms with van der Waals surface area (Å²) in [6, 6.07) is 5.97. The lowest BCUT2D eigenvalue weighted by atomic mass is 10.1. The Kier molecular flexibility index (Phi) is 7.64. The van der Waals surface area contributed by atoms with E-state index in [1.807, 2.05) is 0 Å². The fraction of sp³-hybridized carbons (Fsp3) is 0.267. The van der Waals surface area contributed by atoms with E-state index in [2.05, 4.69) is 15.0 Å². The number of halogens is 6. The fourth-order valence-electron chi connectivity index (χ4n) is 2.14. The smallest absolute Gasteiger partial charge is 0.323 e. The maximum Gasteiger partial charge on any atom is 0.323 e. The zero-order valence-electron chi connectivity index (χ0n) is 14.0. The molecule has 0 atom stereocenters. The third-order valence-electron chi connectivity index (χ3n) is 3.29. The molecule has 29 heavy (non-hydrogen) atoms. The molecule has 0 fully saturated rings. The van der Waals surface area contributed by atoms with Crippen LogP contribution in [0.2, 0.25) is 0 Å². The number of carboxylic acids is 2. The molecule has 0 radical (unpaired) electrons.